The molecule has 11 heavy (non-hydrogen) atoms. The molecule has 2 heteroatoms. The van der Waals surface area contributed by atoms with Gasteiger partial charge in [0.1, 0.15) is 0 Å². The first kappa shape index (κ1) is 8.44. The van der Waals surface area contributed by atoms with Crippen LogP contribution in [0.4, 0.5) is 0 Å². The van der Waals surface area contributed by atoms with Crippen LogP contribution in [0, 0.1) is 0 Å². The molecule has 0 aromatic carbocycles. The van der Waals surface area contributed by atoms with Crippen LogP contribution in [0.2, 0.25) is 0 Å². The summed E-state index contributed by atoms with van der Waals surface area (Å²) in [4.78, 5) is 0. The first-order valence-corrected chi connectivity index (χ1v) is 4.18. The lowest BCUT2D eigenvalue weighted by Gasteiger charge is -2.16. The highest BCUT2D eigenvalue weighted by Gasteiger charge is 2.11. The topological polar surface area (TPSA) is 18.5 Å². The highest BCUT2D eigenvalue weighted by Crippen LogP contribution is 2.25. The molecule has 1 aliphatic carbocycles. The maximum absolute atomic E-state index is 5.10. The van der Waals surface area contributed by atoms with Crippen molar-refractivity contribution in [2.75, 3.05) is 14.2 Å². The number of hydrogen-bond acceptors (Lipinski definition) is 2. The first-order chi connectivity index (χ1) is 5.38. The van der Waals surface area contributed by atoms with Crippen molar-refractivity contribution in [1.29, 1.82) is 0 Å². The van der Waals surface area contributed by atoms with Gasteiger partial charge in [0.2, 0.25) is 0 Å². The lowest BCUT2D eigenvalue weighted by molar-refractivity contribution is 0.0875. The van der Waals surface area contributed by atoms with Gasteiger partial charge < -0.3 is 9.47 Å². The molecule has 1 fully saturated rings. The lowest BCUT2D eigenvalue weighted by Crippen LogP contribution is -2.01. The Kier molecular flexibility index (Phi) is 3.27. The van der Waals surface area contributed by atoms with Gasteiger partial charge in [-0.15, -0.1) is 0 Å². The molecule has 0 heterocycles. The highest BCUT2D eigenvalue weighted by molar-refractivity contribution is 5.05. The van der Waals surface area contributed by atoms with Crippen LogP contribution < -0.4 is 0 Å². The Hall–Kier alpha value is -0.660. The minimum absolute atomic E-state index is 0.740. The Morgan fingerprint density at radius 3 is 2.00 bits per heavy atom. The van der Waals surface area contributed by atoms with Gasteiger partial charge in [-0.25, -0.2) is 0 Å². The summed E-state index contributed by atoms with van der Waals surface area (Å²) in [5.41, 5.74) is 1.35. The first-order valence-electron chi connectivity index (χ1n) is 4.18. The summed E-state index contributed by atoms with van der Waals surface area (Å²) in [7, 11) is 3.33. The van der Waals surface area contributed by atoms with E-state index in [2.05, 4.69) is 0 Å². The number of ether oxygens (including phenoxy) is 2. The second-order valence-corrected chi connectivity index (χ2v) is 2.86. The molecule has 0 radical (unpaired) electrons. The quantitative estimate of drug-likeness (QED) is 0.572. The van der Waals surface area contributed by atoms with Crippen molar-refractivity contribution in [1.82, 2.24) is 0 Å². The van der Waals surface area contributed by atoms with E-state index < -0.39 is 0 Å². The Balaban J connectivity index is 2.57. The predicted molar refractivity (Wildman–Crippen MR) is 44.1 cm³/mol. The molecule has 2 nitrogen and oxygen atoms in total. The highest BCUT2D eigenvalue weighted by atomic mass is 16.7. The van der Waals surface area contributed by atoms with E-state index in [1.54, 1.807) is 14.2 Å². The van der Waals surface area contributed by atoms with E-state index in [1.165, 1.54) is 24.8 Å². The van der Waals surface area contributed by atoms with Gasteiger partial charge in [-0.3, -0.25) is 0 Å². The Labute approximate surface area is 68.2 Å². The number of rotatable bonds is 2. The summed E-state index contributed by atoms with van der Waals surface area (Å²) in [6, 6.07) is 0. The molecule has 0 saturated heterocycles. The van der Waals surface area contributed by atoms with Crippen molar-refractivity contribution in [2.24, 2.45) is 0 Å². The predicted octanol–water partition coefficient (Wildman–Crippen LogP) is 2.45. The van der Waals surface area contributed by atoms with E-state index in [-0.39, 0.29) is 0 Å². The van der Waals surface area contributed by atoms with Crippen LogP contribution in [0.15, 0.2) is 11.5 Å². The van der Waals surface area contributed by atoms with E-state index in [0.29, 0.717) is 0 Å². The van der Waals surface area contributed by atoms with E-state index in [9.17, 15) is 0 Å². The zero-order valence-electron chi connectivity index (χ0n) is 7.35. The Bertz CT molecular complexity index is 136. The molecular formula is C9H16O2. The third kappa shape index (κ3) is 2.14. The Morgan fingerprint density at radius 1 is 1.00 bits per heavy atom. The second kappa shape index (κ2) is 4.27. The fourth-order valence-corrected chi connectivity index (χ4v) is 1.55. The molecule has 0 aromatic rings. The zero-order chi connectivity index (χ0) is 8.10. The summed E-state index contributed by atoms with van der Waals surface area (Å²) >= 11 is 0. The van der Waals surface area contributed by atoms with Gasteiger partial charge in [0.15, 0.2) is 0 Å². The van der Waals surface area contributed by atoms with Crippen molar-refractivity contribution in [3.63, 3.8) is 0 Å². The van der Waals surface area contributed by atoms with Crippen LogP contribution in [0.5, 0.6) is 0 Å². The van der Waals surface area contributed by atoms with Crippen molar-refractivity contribution >= 4 is 0 Å². The van der Waals surface area contributed by atoms with Gasteiger partial charge in [0.05, 0.1) is 14.2 Å². The molecule has 0 atom stereocenters. The fourth-order valence-electron chi connectivity index (χ4n) is 1.55. The molecule has 0 amide bonds. The molecule has 1 aliphatic rings. The molecule has 64 valence electrons. The molecule has 1 rings (SSSR count). The minimum Gasteiger partial charge on any atom is -0.469 e. The smallest absolute Gasteiger partial charge is 0.277 e. The van der Waals surface area contributed by atoms with Gasteiger partial charge in [-0.1, -0.05) is 6.42 Å². The van der Waals surface area contributed by atoms with Gasteiger partial charge in [-0.2, -0.15) is 0 Å². The number of hydrogen-bond donors (Lipinski definition) is 0. The maximum Gasteiger partial charge on any atom is 0.277 e. The van der Waals surface area contributed by atoms with Crippen LogP contribution in [0.3, 0.4) is 0 Å². The van der Waals surface area contributed by atoms with Crippen LogP contribution in [-0.4, -0.2) is 14.2 Å². The third-order valence-electron chi connectivity index (χ3n) is 2.12. The standard InChI is InChI=1S/C9H16O2/c1-10-9(11-2)8-6-4-3-5-7-8/h3-7H2,1-2H3. The van der Waals surface area contributed by atoms with E-state index in [1.807, 2.05) is 0 Å². The van der Waals surface area contributed by atoms with Crippen LogP contribution in [-0.2, 0) is 9.47 Å². The number of allylic oxidation sites excluding steroid dienone is 1. The average Bonchev–Trinajstić information content (AvgIpc) is 2.09. The maximum atomic E-state index is 5.10. The third-order valence-corrected chi connectivity index (χ3v) is 2.12. The molecule has 0 aromatic heterocycles. The van der Waals surface area contributed by atoms with Gasteiger partial charge in [-0.05, 0) is 25.7 Å². The van der Waals surface area contributed by atoms with Crippen LogP contribution >= 0.6 is 0 Å². The summed E-state index contributed by atoms with van der Waals surface area (Å²) in [6.45, 7) is 0. The van der Waals surface area contributed by atoms with Crippen molar-refractivity contribution in [3.05, 3.63) is 11.5 Å². The number of methoxy groups -OCH3 is 2. The van der Waals surface area contributed by atoms with Crippen molar-refractivity contribution in [2.45, 2.75) is 32.1 Å². The molecule has 0 N–H and O–H groups in total. The summed E-state index contributed by atoms with van der Waals surface area (Å²) < 4.78 is 10.2. The molecular weight excluding hydrogens is 140 g/mol. The molecule has 1 saturated carbocycles. The summed E-state index contributed by atoms with van der Waals surface area (Å²) in [6.07, 6.45) is 6.22. The molecule has 0 bridgehead atoms. The normalized spacial score (nSPS) is 17.8. The summed E-state index contributed by atoms with van der Waals surface area (Å²) in [5.74, 6) is 0.740. The van der Waals surface area contributed by atoms with Crippen molar-refractivity contribution < 1.29 is 9.47 Å². The van der Waals surface area contributed by atoms with Gasteiger partial charge >= 0.3 is 0 Å². The van der Waals surface area contributed by atoms with Gasteiger partial charge in [0, 0.05) is 5.57 Å². The van der Waals surface area contributed by atoms with E-state index >= 15 is 0 Å². The minimum atomic E-state index is 0.740. The zero-order valence-corrected chi connectivity index (χ0v) is 7.35. The fraction of sp³-hybridized carbons (Fsp3) is 0.778. The second-order valence-electron chi connectivity index (χ2n) is 2.86. The largest absolute Gasteiger partial charge is 0.469 e. The van der Waals surface area contributed by atoms with E-state index in [0.717, 1.165) is 18.8 Å². The van der Waals surface area contributed by atoms with Gasteiger partial charge in [0.25, 0.3) is 5.95 Å². The molecule has 0 unspecified atom stereocenters. The average molecular weight is 156 g/mol. The summed E-state index contributed by atoms with van der Waals surface area (Å²) in [5, 5.41) is 0. The SMILES string of the molecule is COC(OC)=C1CCCCC1. The van der Waals surface area contributed by atoms with Crippen LogP contribution in [0.25, 0.3) is 0 Å². The lowest BCUT2D eigenvalue weighted by atomic mass is 9.96. The molecule has 0 aliphatic heterocycles. The molecule has 0 spiro atoms. The van der Waals surface area contributed by atoms with Crippen LogP contribution in [0.1, 0.15) is 32.1 Å². The monoisotopic (exact) mass is 156 g/mol. The Morgan fingerprint density at radius 2 is 1.55 bits per heavy atom. The van der Waals surface area contributed by atoms with E-state index in [4.69, 9.17) is 9.47 Å². The van der Waals surface area contributed by atoms with Crippen molar-refractivity contribution in [3.8, 4) is 0 Å².